The van der Waals surface area contributed by atoms with Gasteiger partial charge in [0.25, 0.3) is 0 Å². The zero-order valence-electron chi connectivity index (χ0n) is 6.09. The monoisotopic (exact) mass is 256 g/mol. The number of ether oxygens (including phenoxy) is 1. The number of halogens is 1. The van der Waals surface area contributed by atoms with E-state index in [-0.39, 0.29) is 12.1 Å². The summed E-state index contributed by atoms with van der Waals surface area (Å²) in [5.74, 6) is 0. The molecule has 0 saturated carbocycles. The van der Waals surface area contributed by atoms with Crippen LogP contribution in [0.2, 0.25) is 0 Å². The molecule has 1 rings (SSSR count). The van der Waals surface area contributed by atoms with E-state index < -0.39 is 0 Å². The first kappa shape index (κ1) is 8.70. The summed E-state index contributed by atoms with van der Waals surface area (Å²) in [6, 6.07) is 0.190. The maximum Gasteiger partial charge on any atom is 0.0747 e. The number of hydrogen-bond donors (Lipinski definition) is 1. The third-order valence-electron chi connectivity index (χ3n) is 1.85. The van der Waals surface area contributed by atoms with Crippen molar-refractivity contribution < 1.29 is 4.74 Å². The number of nitrogens with zero attached hydrogens (tertiary/aromatic N) is 1. The molecule has 1 aliphatic rings. The summed E-state index contributed by atoms with van der Waals surface area (Å²) in [5.41, 5.74) is 5.81. The summed E-state index contributed by atoms with van der Waals surface area (Å²) < 4.78 is 7.40. The number of piperidine rings is 1. The van der Waals surface area contributed by atoms with Gasteiger partial charge < -0.3 is 10.5 Å². The SMILES string of the molecule is COC1CCN(I)CC1N. The van der Waals surface area contributed by atoms with Gasteiger partial charge in [-0.25, -0.2) is 3.11 Å². The van der Waals surface area contributed by atoms with E-state index in [4.69, 9.17) is 10.5 Å². The minimum Gasteiger partial charge on any atom is -0.380 e. The smallest absolute Gasteiger partial charge is 0.0747 e. The van der Waals surface area contributed by atoms with Crippen LogP contribution in [0.15, 0.2) is 0 Å². The lowest BCUT2D eigenvalue weighted by atomic mass is 10.1. The van der Waals surface area contributed by atoms with Crippen LogP contribution < -0.4 is 5.73 Å². The van der Waals surface area contributed by atoms with Crippen LogP contribution in [0.1, 0.15) is 6.42 Å². The van der Waals surface area contributed by atoms with Crippen LogP contribution >= 0.6 is 22.9 Å². The summed E-state index contributed by atoms with van der Waals surface area (Å²) in [7, 11) is 1.73. The minimum atomic E-state index is 0.190. The third kappa shape index (κ3) is 2.05. The Morgan fingerprint density at radius 3 is 2.90 bits per heavy atom. The second-order valence-electron chi connectivity index (χ2n) is 2.60. The summed E-state index contributed by atoms with van der Waals surface area (Å²) in [4.78, 5) is 0. The van der Waals surface area contributed by atoms with E-state index >= 15 is 0 Å². The molecular weight excluding hydrogens is 243 g/mol. The van der Waals surface area contributed by atoms with Crippen LogP contribution in [0.4, 0.5) is 0 Å². The van der Waals surface area contributed by atoms with Gasteiger partial charge >= 0.3 is 0 Å². The van der Waals surface area contributed by atoms with Crippen molar-refractivity contribution in [2.75, 3.05) is 20.2 Å². The highest BCUT2D eigenvalue weighted by atomic mass is 127. The van der Waals surface area contributed by atoms with E-state index in [1.165, 1.54) is 0 Å². The molecule has 3 nitrogen and oxygen atoms in total. The van der Waals surface area contributed by atoms with Gasteiger partial charge in [-0.1, -0.05) is 0 Å². The highest BCUT2D eigenvalue weighted by Gasteiger charge is 2.24. The van der Waals surface area contributed by atoms with Gasteiger partial charge in [-0.2, -0.15) is 0 Å². The lowest BCUT2D eigenvalue weighted by molar-refractivity contribution is 0.0489. The molecular formula is C6H13IN2O. The van der Waals surface area contributed by atoms with Gasteiger partial charge in [0.1, 0.15) is 0 Å². The largest absolute Gasteiger partial charge is 0.380 e. The normalized spacial score (nSPS) is 36.3. The molecule has 0 amide bonds. The van der Waals surface area contributed by atoms with Gasteiger partial charge in [-0.05, 0) is 6.42 Å². The van der Waals surface area contributed by atoms with Crippen LogP contribution in [0, 0.1) is 0 Å². The van der Waals surface area contributed by atoms with Crippen molar-refractivity contribution in [2.24, 2.45) is 5.73 Å². The van der Waals surface area contributed by atoms with Crippen LogP contribution in [-0.2, 0) is 4.74 Å². The fraction of sp³-hybridized carbons (Fsp3) is 1.00. The Morgan fingerprint density at radius 2 is 2.40 bits per heavy atom. The maximum atomic E-state index is 5.81. The van der Waals surface area contributed by atoms with Gasteiger partial charge in [-0.15, -0.1) is 0 Å². The number of hydrogen-bond acceptors (Lipinski definition) is 3. The minimum absolute atomic E-state index is 0.190. The van der Waals surface area contributed by atoms with E-state index in [0.717, 1.165) is 19.5 Å². The summed E-state index contributed by atoms with van der Waals surface area (Å²) in [6.45, 7) is 2.03. The summed E-state index contributed by atoms with van der Waals surface area (Å²) in [6.07, 6.45) is 1.33. The molecule has 0 aromatic carbocycles. The van der Waals surface area contributed by atoms with Crippen LogP contribution in [-0.4, -0.2) is 35.5 Å². The van der Waals surface area contributed by atoms with E-state index in [1.54, 1.807) is 7.11 Å². The van der Waals surface area contributed by atoms with Crippen molar-refractivity contribution in [3.8, 4) is 0 Å². The molecule has 1 fully saturated rings. The average molecular weight is 256 g/mol. The lowest BCUT2D eigenvalue weighted by Crippen LogP contribution is -2.48. The Labute approximate surface area is 75.4 Å². The maximum absolute atomic E-state index is 5.81. The van der Waals surface area contributed by atoms with E-state index in [0.29, 0.717) is 0 Å². The molecule has 0 aliphatic carbocycles. The van der Waals surface area contributed by atoms with Gasteiger partial charge in [0.05, 0.1) is 6.10 Å². The zero-order valence-corrected chi connectivity index (χ0v) is 8.24. The molecule has 0 spiro atoms. The van der Waals surface area contributed by atoms with Crippen molar-refractivity contribution in [3.05, 3.63) is 0 Å². The van der Waals surface area contributed by atoms with Gasteiger partial charge in [0.2, 0.25) is 0 Å². The number of nitrogens with two attached hydrogens (primary N) is 1. The van der Waals surface area contributed by atoms with E-state index in [9.17, 15) is 0 Å². The molecule has 1 heterocycles. The van der Waals surface area contributed by atoms with Crippen molar-refractivity contribution >= 4 is 22.9 Å². The second-order valence-corrected chi connectivity index (χ2v) is 3.96. The Hall–Kier alpha value is 0.610. The molecule has 0 aromatic heterocycles. The Kier molecular flexibility index (Phi) is 3.35. The predicted molar refractivity (Wildman–Crippen MR) is 49.0 cm³/mol. The molecule has 2 atom stereocenters. The van der Waals surface area contributed by atoms with Crippen molar-refractivity contribution in [1.29, 1.82) is 0 Å². The molecule has 0 bridgehead atoms. The zero-order chi connectivity index (χ0) is 7.56. The second kappa shape index (κ2) is 3.85. The first-order chi connectivity index (χ1) is 4.74. The predicted octanol–water partition coefficient (Wildman–Crippen LogP) is 0.384. The Balaban J connectivity index is 2.36. The molecule has 0 aromatic rings. The number of rotatable bonds is 1. The molecule has 2 N–H and O–H groups in total. The van der Waals surface area contributed by atoms with Gasteiger partial charge in [0, 0.05) is 49.1 Å². The number of methoxy groups -OCH3 is 1. The summed E-state index contributed by atoms with van der Waals surface area (Å²) in [5, 5.41) is 0. The standard InChI is InChI=1S/C6H13IN2O/c1-10-6-2-3-9(7)4-5(6)8/h5-6H,2-4,8H2,1H3. The molecule has 4 heteroatoms. The molecule has 1 aliphatic heterocycles. The van der Waals surface area contributed by atoms with E-state index in [1.807, 2.05) is 0 Å². The average Bonchev–Trinajstić information content (AvgIpc) is 1.88. The van der Waals surface area contributed by atoms with E-state index in [2.05, 4.69) is 26.0 Å². The Bertz CT molecular complexity index is 112. The van der Waals surface area contributed by atoms with Crippen molar-refractivity contribution in [2.45, 2.75) is 18.6 Å². The summed E-state index contributed by atoms with van der Waals surface area (Å²) >= 11 is 2.30. The molecule has 10 heavy (non-hydrogen) atoms. The topological polar surface area (TPSA) is 38.5 Å². The van der Waals surface area contributed by atoms with Crippen LogP contribution in [0.5, 0.6) is 0 Å². The molecule has 60 valence electrons. The fourth-order valence-electron chi connectivity index (χ4n) is 1.21. The fourth-order valence-corrected chi connectivity index (χ4v) is 1.95. The quantitative estimate of drug-likeness (QED) is 0.544. The van der Waals surface area contributed by atoms with Crippen molar-refractivity contribution in [1.82, 2.24) is 3.11 Å². The Morgan fingerprint density at radius 1 is 1.70 bits per heavy atom. The highest BCUT2D eigenvalue weighted by molar-refractivity contribution is 14.1. The molecule has 1 saturated heterocycles. The first-order valence-corrected chi connectivity index (χ1v) is 4.39. The van der Waals surface area contributed by atoms with Gasteiger partial charge in [-0.3, -0.25) is 0 Å². The third-order valence-corrected chi connectivity index (χ3v) is 2.72. The molecule has 0 radical (unpaired) electrons. The van der Waals surface area contributed by atoms with Crippen LogP contribution in [0.25, 0.3) is 0 Å². The van der Waals surface area contributed by atoms with Gasteiger partial charge in [0.15, 0.2) is 0 Å². The molecule has 2 unspecified atom stereocenters. The van der Waals surface area contributed by atoms with Crippen molar-refractivity contribution in [3.63, 3.8) is 0 Å². The highest BCUT2D eigenvalue weighted by Crippen LogP contribution is 2.14. The van der Waals surface area contributed by atoms with Crippen LogP contribution in [0.3, 0.4) is 0 Å². The lowest BCUT2D eigenvalue weighted by Gasteiger charge is -2.31. The first-order valence-electron chi connectivity index (χ1n) is 3.43.